The molecule has 2 N–H and O–H groups in total. The summed E-state index contributed by atoms with van der Waals surface area (Å²) >= 11 is 0. The Hall–Kier alpha value is -0.860. The van der Waals surface area contributed by atoms with Crippen LogP contribution >= 0.6 is 0 Å². The van der Waals surface area contributed by atoms with Crippen molar-refractivity contribution in [2.45, 2.75) is 32.2 Å². The van der Waals surface area contributed by atoms with Gasteiger partial charge in [-0.2, -0.15) is 0 Å². The highest BCUT2D eigenvalue weighted by molar-refractivity contribution is 5.28. The molecule has 2 rings (SSSR count). The standard InChI is InChI=1S/C14H21NO/c1-11-4-2-3-5-13(11)14(15)10-16-9-8-12-6-7-12/h2-5,12,14H,6-10,15H2,1H3. The van der Waals surface area contributed by atoms with Gasteiger partial charge in [0.15, 0.2) is 0 Å². The molecule has 1 aliphatic rings. The number of aryl methyl sites for hydroxylation is 1. The van der Waals surface area contributed by atoms with E-state index in [9.17, 15) is 0 Å². The van der Waals surface area contributed by atoms with Crippen LogP contribution in [-0.2, 0) is 4.74 Å². The molecule has 1 atom stereocenters. The lowest BCUT2D eigenvalue weighted by Crippen LogP contribution is -2.18. The summed E-state index contributed by atoms with van der Waals surface area (Å²) in [6, 6.07) is 8.27. The van der Waals surface area contributed by atoms with Crippen molar-refractivity contribution in [3.05, 3.63) is 35.4 Å². The predicted octanol–water partition coefficient (Wildman–Crippen LogP) is 2.81. The average Bonchev–Trinajstić information content (AvgIpc) is 3.08. The minimum atomic E-state index is 0.0143. The van der Waals surface area contributed by atoms with Gasteiger partial charge in [0.05, 0.1) is 12.6 Å². The van der Waals surface area contributed by atoms with Crippen molar-refractivity contribution in [3.8, 4) is 0 Å². The Morgan fingerprint density at radius 2 is 2.12 bits per heavy atom. The molecule has 0 aromatic heterocycles. The van der Waals surface area contributed by atoms with Crippen LogP contribution in [0, 0.1) is 12.8 Å². The molecule has 0 amide bonds. The topological polar surface area (TPSA) is 35.2 Å². The van der Waals surface area contributed by atoms with Crippen molar-refractivity contribution >= 4 is 0 Å². The van der Waals surface area contributed by atoms with Crippen LogP contribution in [0.4, 0.5) is 0 Å². The molecule has 0 radical (unpaired) electrons. The van der Waals surface area contributed by atoms with E-state index in [0.29, 0.717) is 6.61 Å². The molecule has 0 bridgehead atoms. The number of nitrogens with two attached hydrogens (primary N) is 1. The second-order valence-electron chi connectivity index (χ2n) is 4.77. The number of rotatable bonds is 6. The molecular weight excluding hydrogens is 198 g/mol. The molecule has 1 aliphatic carbocycles. The lowest BCUT2D eigenvalue weighted by molar-refractivity contribution is 0.115. The molecule has 1 saturated carbocycles. The van der Waals surface area contributed by atoms with E-state index >= 15 is 0 Å². The van der Waals surface area contributed by atoms with Crippen LogP contribution in [0.3, 0.4) is 0 Å². The normalized spacial score (nSPS) is 17.4. The summed E-state index contributed by atoms with van der Waals surface area (Å²) in [4.78, 5) is 0. The monoisotopic (exact) mass is 219 g/mol. The van der Waals surface area contributed by atoms with E-state index < -0.39 is 0 Å². The van der Waals surface area contributed by atoms with E-state index in [-0.39, 0.29) is 6.04 Å². The van der Waals surface area contributed by atoms with Crippen molar-refractivity contribution < 1.29 is 4.74 Å². The third kappa shape index (κ3) is 3.32. The van der Waals surface area contributed by atoms with Crippen LogP contribution in [0.2, 0.25) is 0 Å². The first-order valence-electron chi connectivity index (χ1n) is 6.16. The third-order valence-electron chi connectivity index (χ3n) is 3.25. The number of hydrogen-bond donors (Lipinski definition) is 1. The van der Waals surface area contributed by atoms with E-state index in [4.69, 9.17) is 10.5 Å². The molecule has 0 saturated heterocycles. The summed E-state index contributed by atoms with van der Waals surface area (Å²) in [7, 11) is 0. The van der Waals surface area contributed by atoms with Crippen LogP contribution in [-0.4, -0.2) is 13.2 Å². The maximum atomic E-state index is 6.10. The van der Waals surface area contributed by atoms with Crippen molar-refractivity contribution in [1.82, 2.24) is 0 Å². The summed E-state index contributed by atoms with van der Waals surface area (Å²) in [6.07, 6.45) is 4.00. The second kappa shape index (κ2) is 5.46. The first kappa shape index (κ1) is 11.6. The maximum absolute atomic E-state index is 6.10. The first-order valence-corrected chi connectivity index (χ1v) is 6.16. The molecule has 1 unspecified atom stereocenters. The Balaban J connectivity index is 1.73. The number of ether oxygens (including phenoxy) is 1. The van der Waals surface area contributed by atoms with Gasteiger partial charge in [-0.25, -0.2) is 0 Å². The lowest BCUT2D eigenvalue weighted by atomic mass is 10.0. The molecule has 0 spiro atoms. The number of hydrogen-bond acceptors (Lipinski definition) is 2. The molecule has 1 fully saturated rings. The zero-order valence-electron chi connectivity index (χ0n) is 9.99. The van der Waals surface area contributed by atoms with E-state index in [1.54, 1.807) is 0 Å². The summed E-state index contributed by atoms with van der Waals surface area (Å²) in [6.45, 7) is 3.60. The summed E-state index contributed by atoms with van der Waals surface area (Å²) in [5, 5.41) is 0. The maximum Gasteiger partial charge on any atom is 0.0659 e. The van der Waals surface area contributed by atoms with Gasteiger partial charge in [-0.1, -0.05) is 37.1 Å². The Morgan fingerprint density at radius 1 is 1.38 bits per heavy atom. The Morgan fingerprint density at radius 3 is 2.81 bits per heavy atom. The van der Waals surface area contributed by atoms with Crippen LogP contribution in [0.15, 0.2) is 24.3 Å². The van der Waals surface area contributed by atoms with Crippen LogP contribution < -0.4 is 5.73 Å². The highest BCUT2D eigenvalue weighted by atomic mass is 16.5. The molecule has 2 heteroatoms. The van der Waals surface area contributed by atoms with Crippen molar-refractivity contribution in [2.24, 2.45) is 11.7 Å². The number of benzene rings is 1. The lowest BCUT2D eigenvalue weighted by Gasteiger charge is -2.14. The Kier molecular flexibility index (Phi) is 3.97. The predicted molar refractivity (Wildman–Crippen MR) is 66.3 cm³/mol. The Labute approximate surface area is 97.8 Å². The smallest absolute Gasteiger partial charge is 0.0659 e. The minimum absolute atomic E-state index is 0.0143. The van der Waals surface area contributed by atoms with Gasteiger partial charge in [-0.3, -0.25) is 0 Å². The van der Waals surface area contributed by atoms with Crippen LogP contribution in [0.5, 0.6) is 0 Å². The van der Waals surface area contributed by atoms with E-state index in [1.807, 2.05) is 12.1 Å². The summed E-state index contributed by atoms with van der Waals surface area (Å²) in [5.74, 6) is 0.940. The highest BCUT2D eigenvalue weighted by Gasteiger charge is 2.20. The highest BCUT2D eigenvalue weighted by Crippen LogP contribution is 2.32. The van der Waals surface area contributed by atoms with E-state index in [1.165, 1.54) is 30.4 Å². The summed E-state index contributed by atoms with van der Waals surface area (Å²) < 4.78 is 5.63. The van der Waals surface area contributed by atoms with Crippen LogP contribution in [0.25, 0.3) is 0 Å². The Bertz CT molecular complexity index is 333. The third-order valence-corrected chi connectivity index (χ3v) is 3.25. The second-order valence-corrected chi connectivity index (χ2v) is 4.77. The largest absolute Gasteiger partial charge is 0.379 e. The van der Waals surface area contributed by atoms with Gasteiger partial charge in [0.1, 0.15) is 0 Å². The SMILES string of the molecule is Cc1ccccc1C(N)COCCC1CC1. The van der Waals surface area contributed by atoms with E-state index in [2.05, 4.69) is 19.1 Å². The molecule has 16 heavy (non-hydrogen) atoms. The quantitative estimate of drug-likeness (QED) is 0.747. The molecular formula is C14H21NO. The van der Waals surface area contributed by atoms with Crippen LogP contribution in [0.1, 0.15) is 36.4 Å². The van der Waals surface area contributed by atoms with Gasteiger partial charge in [0.2, 0.25) is 0 Å². The van der Waals surface area contributed by atoms with E-state index in [0.717, 1.165) is 12.5 Å². The van der Waals surface area contributed by atoms with Crippen molar-refractivity contribution in [2.75, 3.05) is 13.2 Å². The molecule has 88 valence electrons. The zero-order chi connectivity index (χ0) is 11.4. The fraction of sp³-hybridized carbons (Fsp3) is 0.571. The molecule has 1 aromatic rings. The van der Waals surface area contributed by atoms with Crippen molar-refractivity contribution in [3.63, 3.8) is 0 Å². The molecule has 1 aromatic carbocycles. The first-order chi connectivity index (χ1) is 7.77. The van der Waals surface area contributed by atoms with Crippen molar-refractivity contribution in [1.29, 1.82) is 0 Å². The minimum Gasteiger partial charge on any atom is -0.379 e. The van der Waals surface area contributed by atoms with Gasteiger partial charge < -0.3 is 10.5 Å². The molecule has 0 heterocycles. The molecule has 0 aliphatic heterocycles. The fourth-order valence-corrected chi connectivity index (χ4v) is 1.96. The summed E-state index contributed by atoms with van der Waals surface area (Å²) in [5.41, 5.74) is 8.56. The fourth-order valence-electron chi connectivity index (χ4n) is 1.96. The van der Waals surface area contributed by atoms with Gasteiger partial charge >= 0.3 is 0 Å². The van der Waals surface area contributed by atoms with Gasteiger partial charge in [-0.05, 0) is 30.4 Å². The zero-order valence-corrected chi connectivity index (χ0v) is 9.99. The van der Waals surface area contributed by atoms with Gasteiger partial charge in [-0.15, -0.1) is 0 Å². The molecule has 2 nitrogen and oxygen atoms in total. The van der Waals surface area contributed by atoms with Gasteiger partial charge in [0.25, 0.3) is 0 Å². The average molecular weight is 219 g/mol. The van der Waals surface area contributed by atoms with Gasteiger partial charge in [0, 0.05) is 6.61 Å².